The molecule has 1 heterocycles. The Labute approximate surface area is 216 Å². The van der Waals surface area contributed by atoms with Crippen molar-refractivity contribution < 1.29 is 13.9 Å². The summed E-state index contributed by atoms with van der Waals surface area (Å²) in [5, 5.41) is 9.22. The maximum atomic E-state index is 14.8. The molecule has 2 aromatic carbocycles. The number of aromatic nitrogens is 2. The minimum atomic E-state index is -0.711. The molecule has 0 bridgehead atoms. The number of benzene rings is 2. The van der Waals surface area contributed by atoms with E-state index in [1.165, 1.54) is 23.0 Å². The highest BCUT2D eigenvalue weighted by molar-refractivity contribution is 5.95. The summed E-state index contributed by atoms with van der Waals surface area (Å²) in [7, 11) is 1.90. The molecule has 1 aliphatic carbocycles. The Morgan fingerprint density at radius 2 is 2.00 bits per heavy atom. The van der Waals surface area contributed by atoms with E-state index >= 15 is 0 Å². The number of nitrogens with zero attached hydrogens (tertiary/aromatic N) is 2. The summed E-state index contributed by atoms with van der Waals surface area (Å²) in [5.41, 5.74) is 0.441. The van der Waals surface area contributed by atoms with Crippen LogP contribution in [0.2, 0.25) is 0 Å². The van der Waals surface area contributed by atoms with Gasteiger partial charge in [-0.1, -0.05) is 18.2 Å². The van der Waals surface area contributed by atoms with Crippen LogP contribution in [0.15, 0.2) is 53.6 Å². The molecular weight excluding hydrogens is 473 g/mol. The van der Waals surface area contributed by atoms with E-state index in [2.05, 4.69) is 20.9 Å². The van der Waals surface area contributed by atoms with Gasteiger partial charge in [0, 0.05) is 35.1 Å². The smallest absolute Gasteiger partial charge is 0.297 e. The number of ether oxygens (including phenoxy) is 1. The maximum absolute atomic E-state index is 14.8. The Hall–Kier alpha value is -3.72. The zero-order valence-corrected chi connectivity index (χ0v) is 21.7. The fourth-order valence-corrected chi connectivity index (χ4v) is 4.13. The van der Waals surface area contributed by atoms with E-state index in [-0.39, 0.29) is 28.9 Å². The molecule has 1 fully saturated rings. The van der Waals surface area contributed by atoms with Crippen LogP contribution < -0.4 is 26.2 Å². The zero-order chi connectivity index (χ0) is 26.6. The highest BCUT2D eigenvalue weighted by Gasteiger charge is 2.27. The van der Waals surface area contributed by atoms with Crippen LogP contribution in [-0.4, -0.2) is 41.7 Å². The lowest BCUT2D eigenvalue weighted by Gasteiger charge is -2.29. The van der Waals surface area contributed by atoms with Crippen molar-refractivity contribution in [2.75, 3.05) is 25.5 Å². The number of rotatable bonds is 11. The van der Waals surface area contributed by atoms with Crippen molar-refractivity contribution in [2.24, 2.45) is 0 Å². The second kappa shape index (κ2) is 11.1. The fourth-order valence-electron chi connectivity index (χ4n) is 4.13. The van der Waals surface area contributed by atoms with Gasteiger partial charge in [-0.25, -0.2) is 9.37 Å². The van der Waals surface area contributed by atoms with Crippen molar-refractivity contribution in [2.45, 2.75) is 51.6 Å². The Morgan fingerprint density at radius 3 is 2.73 bits per heavy atom. The fraction of sp³-hybridized carbons (Fsp3) is 0.393. The summed E-state index contributed by atoms with van der Waals surface area (Å²) in [6.07, 6.45) is 5.66. The van der Waals surface area contributed by atoms with Gasteiger partial charge in [0.1, 0.15) is 11.6 Å². The van der Waals surface area contributed by atoms with Gasteiger partial charge in [-0.15, -0.1) is 0 Å². The minimum Gasteiger partial charge on any atom is -0.493 e. The van der Waals surface area contributed by atoms with Gasteiger partial charge >= 0.3 is 0 Å². The number of hydrogen-bond acceptors (Lipinski definition) is 6. The summed E-state index contributed by atoms with van der Waals surface area (Å²) in [4.78, 5) is 30.4. The van der Waals surface area contributed by atoms with E-state index in [1.54, 1.807) is 13.0 Å². The lowest BCUT2D eigenvalue weighted by Crippen LogP contribution is -2.34. The Bertz CT molecular complexity index is 1330. The van der Waals surface area contributed by atoms with Crippen molar-refractivity contribution in [1.82, 2.24) is 20.2 Å². The summed E-state index contributed by atoms with van der Waals surface area (Å²) in [5.74, 6) is -0.0818. The monoisotopic (exact) mass is 507 g/mol. The molecule has 0 saturated heterocycles. The minimum absolute atomic E-state index is 0.102. The molecule has 8 nitrogen and oxygen atoms in total. The van der Waals surface area contributed by atoms with Crippen LogP contribution in [0.1, 0.15) is 54.6 Å². The molecular formula is C28H34FN5O3. The number of amides is 1. The molecule has 1 amide bonds. The number of anilines is 1. The SMILES string of the molecule is CNCCCOc1ccccc1C(C)(C)Nc1nccn(-c2cc(C(=O)NC3CC3)cc(F)c2C)c1=O. The predicted molar refractivity (Wildman–Crippen MR) is 142 cm³/mol. The molecule has 196 valence electrons. The first-order valence-electron chi connectivity index (χ1n) is 12.6. The zero-order valence-electron chi connectivity index (χ0n) is 21.7. The van der Waals surface area contributed by atoms with Crippen molar-refractivity contribution >= 4 is 11.7 Å². The summed E-state index contributed by atoms with van der Waals surface area (Å²) in [6.45, 7) is 6.86. The third kappa shape index (κ3) is 6.17. The molecule has 0 radical (unpaired) electrons. The second-order valence-electron chi connectivity index (χ2n) is 9.85. The lowest BCUT2D eigenvalue weighted by atomic mass is 9.93. The van der Waals surface area contributed by atoms with Gasteiger partial charge in [-0.2, -0.15) is 0 Å². The number of carbonyl (C=O) groups is 1. The van der Waals surface area contributed by atoms with E-state index in [9.17, 15) is 14.0 Å². The van der Waals surface area contributed by atoms with E-state index in [0.29, 0.717) is 12.3 Å². The molecule has 0 aliphatic heterocycles. The molecule has 1 saturated carbocycles. The van der Waals surface area contributed by atoms with E-state index in [0.717, 1.165) is 37.1 Å². The highest BCUT2D eigenvalue weighted by Crippen LogP contribution is 2.32. The lowest BCUT2D eigenvalue weighted by molar-refractivity contribution is 0.0950. The first-order chi connectivity index (χ1) is 17.7. The number of hydrogen-bond donors (Lipinski definition) is 3. The van der Waals surface area contributed by atoms with Crippen LogP contribution in [0, 0.1) is 12.7 Å². The van der Waals surface area contributed by atoms with Crippen molar-refractivity contribution in [3.8, 4) is 11.4 Å². The quantitative estimate of drug-likeness (QED) is 0.341. The number of nitrogens with one attached hydrogen (secondary N) is 3. The molecule has 3 N–H and O–H groups in total. The standard InChI is InChI=1S/C28H34FN5O3/c1-18-22(29)16-19(26(35)32-20-10-11-20)17-23(18)34-14-13-31-25(27(34)36)33-28(2,3)21-8-5-6-9-24(21)37-15-7-12-30-4/h5-6,8-9,13-14,16-17,20,30H,7,10-12,15H2,1-4H3,(H,31,33)(H,32,35). The van der Waals surface area contributed by atoms with Crippen LogP contribution in [0.4, 0.5) is 10.2 Å². The molecule has 1 aliphatic rings. The van der Waals surface area contributed by atoms with Gasteiger partial charge in [-0.3, -0.25) is 14.2 Å². The topological polar surface area (TPSA) is 97.3 Å². The van der Waals surface area contributed by atoms with Crippen molar-refractivity contribution in [1.29, 1.82) is 0 Å². The third-order valence-corrected chi connectivity index (χ3v) is 6.41. The summed E-state index contributed by atoms with van der Waals surface area (Å²) < 4.78 is 22.2. The normalized spacial score (nSPS) is 13.3. The molecule has 0 atom stereocenters. The van der Waals surface area contributed by atoms with E-state index in [1.807, 2.05) is 45.2 Å². The molecule has 0 spiro atoms. The third-order valence-electron chi connectivity index (χ3n) is 6.41. The first kappa shape index (κ1) is 26.3. The van der Waals surface area contributed by atoms with Crippen LogP contribution >= 0.6 is 0 Å². The van der Waals surface area contributed by atoms with Gasteiger partial charge in [0.15, 0.2) is 5.82 Å². The van der Waals surface area contributed by atoms with Gasteiger partial charge in [0.2, 0.25) is 0 Å². The molecule has 9 heteroatoms. The number of para-hydroxylation sites is 1. The van der Waals surface area contributed by atoms with Crippen LogP contribution in [0.25, 0.3) is 5.69 Å². The van der Waals surface area contributed by atoms with Crippen LogP contribution in [-0.2, 0) is 5.54 Å². The van der Waals surface area contributed by atoms with Gasteiger partial charge < -0.3 is 20.7 Å². The van der Waals surface area contributed by atoms with Gasteiger partial charge in [-0.05, 0) is 71.8 Å². The largest absolute Gasteiger partial charge is 0.493 e. The number of carbonyl (C=O) groups excluding carboxylic acids is 1. The molecule has 0 unspecified atom stereocenters. The molecule has 1 aromatic heterocycles. The Balaban J connectivity index is 1.64. The molecule has 3 aromatic rings. The maximum Gasteiger partial charge on any atom is 0.297 e. The van der Waals surface area contributed by atoms with Gasteiger partial charge in [0.05, 0.1) is 17.8 Å². The van der Waals surface area contributed by atoms with Gasteiger partial charge in [0.25, 0.3) is 11.5 Å². The van der Waals surface area contributed by atoms with Crippen molar-refractivity contribution in [3.05, 3.63) is 81.7 Å². The Morgan fingerprint density at radius 1 is 1.24 bits per heavy atom. The van der Waals surface area contributed by atoms with Crippen molar-refractivity contribution in [3.63, 3.8) is 0 Å². The van der Waals surface area contributed by atoms with Crippen LogP contribution in [0.5, 0.6) is 5.75 Å². The predicted octanol–water partition coefficient (Wildman–Crippen LogP) is 3.91. The first-order valence-corrected chi connectivity index (χ1v) is 12.6. The molecule has 37 heavy (non-hydrogen) atoms. The van der Waals surface area contributed by atoms with E-state index in [4.69, 9.17) is 4.74 Å². The summed E-state index contributed by atoms with van der Waals surface area (Å²) in [6, 6.07) is 10.6. The highest BCUT2D eigenvalue weighted by atomic mass is 19.1. The summed E-state index contributed by atoms with van der Waals surface area (Å²) >= 11 is 0. The van der Waals surface area contributed by atoms with Crippen LogP contribution in [0.3, 0.4) is 0 Å². The molecule has 4 rings (SSSR count). The Kier molecular flexibility index (Phi) is 7.92. The average molecular weight is 508 g/mol. The second-order valence-corrected chi connectivity index (χ2v) is 9.85. The average Bonchev–Trinajstić information content (AvgIpc) is 3.69. The number of halogens is 1. The van der Waals surface area contributed by atoms with E-state index < -0.39 is 16.9 Å².